The molecule has 0 spiro atoms. The van der Waals surface area contributed by atoms with Crippen LogP contribution in [0, 0.1) is 5.92 Å². The molecule has 2 aromatic rings. The van der Waals surface area contributed by atoms with E-state index in [1.165, 1.54) is 18.2 Å². The number of amides is 1. The number of carbonyl (C=O) groups excluding carboxylic acids is 3. The molecular weight excluding hydrogens is 389 g/mol. The van der Waals surface area contributed by atoms with Crippen molar-refractivity contribution in [2.45, 2.75) is 20.3 Å². The number of hydrogen-bond acceptors (Lipinski definition) is 4. The minimum Gasteiger partial charge on any atom is -0.454 e. The highest BCUT2D eigenvalue weighted by Crippen LogP contribution is 2.20. The molecule has 1 amide bonds. The number of rotatable bonds is 7. The van der Waals surface area contributed by atoms with Crippen LogP contribution in [0.4, 0.5) is 5.69 Å². The SMILES string of the molecule is CC(C)CC(=O)Nc1ccc(C(=O)COC(=O)c2cc(Cl)cc(Cl)c2)cc1. The number of ketones is 1. The molecule has 0 atom stereocenters. The number of ether oxygens (including phenoxy) is 1. The van der Waals surface area contributed by atoms with Gasteiger partial charge < -0.3 is 10.1 Å². The lowest BCUT2D eigenvalue weighted by atomic mass is 10.1. The lowest BCUT2D eigenvalue weighted by Gasteiger charge is -2.08. The highest BCUT2D eigenvalue weighted by molar-refractivity contribution is 6.35. The molecule has 0 radical (unpaired) electrons. The van der Waals surface area contributed by atoms with Gasteiger partial charge in [-0.3, -0.25) is 9.59 Å². The van der Waals surface area contributed by atoms with Crippen LogP contribution >= 0.6 is 23.2 Å². The highest BCUT2D eigenvalue weighted by Gasteiger charge is 2.13. The fraction of sp³-hybridized carbons (Fsp3) is 0.250. The monoisotopic (exact) mass is 407 g/mol. The smallest absolute Gasteiger partial charge is 0.338 e. The van der Waals surface area contributed by atoms with Crippen molar-refractivity contribution >= 4 is 46.5 Å². The molecule has 2 rings (SSSR count). The maximum Gasteiger partial charge on any atom is 0.338 e. The van der Waals surface area contributed by atoms with Gasteiger partial charge in [0.2, 0.25) is 5.91 Å². The van der Waals surface area contributed by atoms with Gasteiger partial charge in [0.05, 0.1) is 5.56 Å². The first-order chi connectivity index (χ1) is 12.7. The number of esters is 1. The Hall–Kier alpha value is -2.37. The molecule has 0 saturated carbocycles. The molecule has 0 aliphatic rings. The maximum atomic E-state index is 12.2. The fourth-order valence-electron chi connectivity index (χ4n) is 2.29. The van der Waals surface area contributed by atoms with Crippen LogP contribution in [0.1, 0.15) is 41.0 Å². The summed E-state index contributed by atoms with van der Waals surface area (Å²) in [6.07, 6.45) is 0.421. The zero-order valence-corrected chi connectivity index (χ0v) is 16.4. The van der Waals surface area contributed by atoms with Crippen LogP contribution in [-0.4, -0.2) is 24.3 Å². The van der Waals surface area contributed by atoms with E-state index < -0.39 is 12.6 Å². The van der Waals surface area contributed by atoms with Crippen molar-refractivity contribution in [3.8, 4) is 0 Å². The minimum absolute atomic E-state index is 0.0850. The Labute approximate surface area is 167 Å². The molecule has 0 fully saturated rings. The summed E-state index contributed by atoms with van der Waals surface area (Å²) in [5, 5.41) is 3.36. The Balaban J connectivity index is 1.92. The Kier molecular flexibility index (Phi) is 7.39. The molecule has 0 saturated heterocycles. The van der Waals surface area contributed by atoms with Crippen molar-refractivity contribution in [2.75, 3.05) is 11.9 Å². The van der Waals surface area contributed by atoms with Gasteiger partial charge in [0.1, 0.15) is 0 Å². The second-order valence-corrected chi connectivity index (χ2v) is 7.25. The van der Waals surface area contributed by atoms with E-state index in [0.29, 0.717) is 27.7 Å². The van der Waals surface area contributed by atoms with E-state index in [9.17, 15) is 14.4 Å². The molecule has 0 heterocycles. The Bertz CT molecular complexity index is 827. The second-order valence-electron chi connectivity index (χ2n) is 6.38. The molecule has 0 aromatic heterocycles. The zero-order valence-electron chi connectivity index (χ0n) is 14.9. The summed E-state index contributed by atoms with van der Waals surface area (Å²) in [5.74, 6) is -0.880. The van der Waals surface area contributed by atoms with Crippen molar-refractivity contribution in [2.24, 2.45) is 5.92 Å². The lowest BCUT2D eigenvalue weighted by Crippen LogP contribution is -2.15. The van der Waals surface area contributed by atoms with Gasteiger partial charge in [-0.05, 0) is 48.4 Å². The van der Waals surface area contributed by atoms with Gasteiger partial charge in [-0.25, -0.2) is 4.79 Å². The van der Waals surface area contributed by atoms with Gasteiger partial charge in [-0.2, -0.15) is 0 Å². The van der Waals surface area contributed by atoms with Crippen LogP contribution in [0.5, 0.6) is 0 Å². The summed E-state index contributed by atoms with van der Waals surface area (Å²) in [7, 11) is 0. The third-order valence-corrected chi connectivity index (χ3v) is 3.95. The zero-order chi connectivity index (χ0) is 20.0. The predicted octanol–water partition coefficient (Wildman–Crippen LogP) is 5.02. The lowest BCUT2D eigenvalue weighted by molar-refractivity contribution is -0.116. The Morgan fingerprint density at radius 1 is 0.963 bits per heavy atom. The van der Waals surface area contributed by atoms with Crippen LogP contribution in [0.25, 0.3) is 0 Å². The van der Waals surface area contributed by atoms with E-state index in [2.05, 4.69) is 5.32 Å². The predicted molar refractivity (Wildman–Crippen MR) is 106 cm³/mol. The molecule has 0 aliphatic heterocycles. The molecule has 27 heavy (non-hydrogen) atoms. The summed E-state index contributed by atoms with van der Waals surface area (Å²) < 4.78 is 5.02. The first-order valence-electron chi connectivity index (χ1n) is 8.31. The Morgan fingerprint density at radius 2 is 1.56 bits per heavy atom. The number of anilines is 1. The number of benzene rings is 2. The van der Waals surface area contributed by atoms with E-state index in [0.717, 1.165) is 0 Å². The molecule has 2 aromatic carbocycles. The summed E-state index contributed by atoms with van der Waals surface area (Å²) >= 11 is 11.7. The normalized spacial score (nSPS) is 10.6. The molecule has 7 heteroatoms. The summed E-state index contributed by atoms with van der Waals surface area (Å²) in [5.41, 5.74) is 1.14. The van der Waals surface area contributed by atoms with Crippen LogP contribution in [0.15, 0.2) is 42.5 Å². The number of nitrogens with one attached hydrogen (secondary N) is 1. The molecule has 1 N–H and O–H groups in total. The van der Waals surface area contributed by atoms with E-state index in [1.807, 2.05) is 13.8 Å². The first-order valence-corrected chi connectivity index (χ1v) is 9.06. The molecule has 0 aliphatic carbocycles. The van der Waals surface area contributed by atoms with Gasteiger partial charge in [0, 0.05) is 27.7 Å². The van der Waals surface area contributed by atoms with Crippen molar-refractivity contribution in [1.82, 2.24) is 0 Å². The summed E-state index contributed by atoms with van der Waals surface area (Å²) in [4.78, 5) is 35.9. The van der Waals surface area contributed by atoms with Crippen LogP contribution in [-0.2, 0) is 9.53 Å². The van der Waals surface area contributed by atoms with Crippen molar-refractivity contribution in [3.05, 3.63) is 63.6 Å². The molecule has 0 unspecified atom stereocenters. The van der Waals surface area contributed by atoms with E-state index in [-0.39, 0.29) is 23.2 Å². The second kappa shape index (κ2) is 9.53. The van der Waals surface area contributed by atoms with E-state index >= 15 is 0 Å². The number of carbonyl (C=O) groups is 3. The van der Waals surface area contributed by atoms with Gasteiger partial charge >= 0.3 is 5.97 Å². The van der Waals surface area contributed by atoms with Gasteiger partial charge in [0.25, 0.3) is 0 Å². The van der Waals surface area contributed by atoms with E-state index in [1.54, 1.807) is 24.3 Å². The highest BCUT2D eigenvalue weighted by atomic mass is 35.5. The third-order valence-electron chi connectivity index (χ3n) is 3.52. The van der Waals surface area contributed by atoms with Crippen molar-refractivity contribution in [3.63, 3.8) is 0 Å². The van der Waals surface area contributed by atoms with Gasteiger partial charge in [0.15, 0.2) is 12.4 Å². The number of halogens is 2. The number of Topliss-reactive ketones (excluding diaryl/α,β-unsaturated/α-hetero) is 1. The van der Waals surface area contributed by atoms with E-state index in [4.69, 9.17) is 27.9 Å². The van der Waals surface area contributed by atoms with Crippen LogP contribution < -0.4 is 5.32 Å². The molecule has 0 bridgehead atoms. The van der Waals surface area contributed by atoms with Crippen molar-refractivity contribution < 1.29 is 19.1 Å². The van der Waals surface area contributed by atoms with Crippen LogP contribution in [0.3, 0.4) is 0 Å². The maximum absolute atomic E-state index is 12.2. The molecule has 5 nitrogen and oxygen atoms in total. The minimum atomic E-state index is -0.690. The van der Waals surface area contributed by atoms with Gasteiger partial charge in [-0.1, -0.05) is 37.0 Å². The van der Waals surface area contributed by atoms with Crippen molar-refractivity contribution in [1.29, 1.82) is 0 Å². The molecular formula is C20H19Cl2NO4. The number of hydrogen-bond donors (Lipinski definition) is 1. The molecule has 142 valence electrons. The fourth-order valence-corrected chi connectivity index (χ4v) is 2.82. The largest absolute Gasteiger partial charge is 0.454 e. The quantitative estimate of drug-likeness (QED) is 0.516. The average molecular weight is 408 g/mol. The first kappa shape index (κ1) is 20.9. The van der Waals surface area contributed by atoms with Gasteiger partial charge in [-0.15, -0.1) is 0 Å². The average Bonchev–Trinajstić information content (AvgIpc) is 2.58. The summed E-state index contributed by atoms with van der Waals surface area (Å²) in [6.45, 7) is 3.50. The van der Waals surface area contributed by atoms with Crippen LogP contribution in [0.2, 0.25) is 10.0 Å². The summed E-state index contributed by atoms with van der Waals surface area (Å²) in [6, 6.07) is 10.7. The third kappa shape index (κ3) is 6.70. The topological polar surface area (TPSA) is 72.5 Å². The Morgan fingerprint density at radius 3 is 2.11 bits per heavy atom. The standard InChI is InChI=1S/C20H19Cl2NO4/c1-12(2)7-19(25)23-17-5-3-13(4-6-17)18(24)11-27-20(26)14-8-15(21)10-16(22)9-14/h3-6,8-10,12H,7,11H2,1-2H3,(H,23,25).